The van der Waals surface area contributed by atoms with Crippen LogP contribution in [0.2, 0.25) is 10.0 Å². The first-order valence-corrected chi connectivity index (χ1v) is 9.86. The molecular weight excluding hydrogens is 429 g/mol. The van der Waals surface area contributed by atoms with E-state index >= 15 is 0 Å². The van der Waals surface area contributed by atoms with Gasteiger partial charge in [0.05, 0.1) is 20.5 Å². The molecule has 2 heterocycles. The molecule has 0 aliphatic carbocycles. The summed E-state index contributed by atoms with van der Waals surface area (Å²) in [4.78, 5) is 24.9. The fourth-order valence-corrected chi connectivity index (χ4v) is 4.38. The average molecular weight is 442 g/mol. The molecular formula is C18H13Cl2NO4S2. The first kappa shape index (κ1) is 19.9. The number of carbonyl (C=O) groups is 2. The van der Waals surface area contributed by atoms with E-state index in [1.165, 1.54) is 4.90 Å². The van der Waals surface area contributed by atoms with Crippen LogP contribution >= 0.6 is 47.2 Å². The van der Waals surface area contributed by atoms with Crippen LogP contribution in [0.1, 0.15) is 18.6 Å². The SMILES string of the molecule is O=C(O)CCCN1C(=O)C(=Cc2ccc(-c3c(Cl)cccc3Cl)o2)SC1=S. The highest BCUT2D eigenvalue weighted by Crippen LogP contribution is 2.37. The number of carbonyl (C=O) groups excluding carboxylic acids is 1. The highest BCUT2D eigenvalue weighted by atomic mass is 35.5. The summed E-state index contributed by atoms with van der Waals surface area (Å²) in [6.07, 6.45) is 1.92. The Kier molecular flexibility index (Phi) is 6.26. The summed E-state index contributed by atoms with van der Waals surface area (Å²) in [7, 11) is 0. The molecule has 1 aromatic heterocycles. The molecule has 27 heavy (non-hydrogen) atoms. The number of thiocarbonyl (C=S) groups is 1. The van der Waals surface area contributed by atoms with Crippen LogP contribution in [-0.2, 0) is 9.59 Å². The molecule has 5 nitrogen and oxygen atoms in total. The molecule has 140 valence electrons. The van der Waals surface area contributed by atoms with Crippen LogP contribution in [0.4, 0.5) is 0 Å². The Labute approximate surface area is 174 Å². The molecule has 0 bridgehead atoms. The molecule has 2 aromatic rings. The molecule has 0 saturated carbocycles. The average Bonchev–Trinajstić information content (AvgIpc) is 3.14. The van der Waals surface area contributed by atoms with Crippen molar-refractivity contribution >= 4 is 69.5 Å². The maximum absolute atomic E-state index is 12.5. The van der Waals surface area contributed by atoms with Crippen LogP contribution in [0.5, 0.6) is 0 Å². The molecule has 1 fully saturated rings. The van der Waals surface area contributed by atoms with Gasteiger partial charge in [0.25, 0.3) is 5.91 Å². The van der Waals surface area contributed by atoms with Crippen LogP contribution in [0.25, 0.3) is 17.4 Å². The van der Waals surface area contributed by atoms with Crippen molar-refractivity contribution in [3.8, 4) is 11.3 Å². The number of hydrogen-bond acceptors (Lipinski definition) is 5. The normalized spacial score (nSPS) is 15.8. The van der Waals surface area contributed by atoms with E-state index in [1.54, 1.807) is 36.4 Å². The number of carboxylic acids is 1. The van der Waals surface area contributed by atoms with Gasteiger partial charge in [-0.1, -0.05) is 53.2 Å². The summed E-state index contributed by atoms with van der Waals surface area (Å²) < 4.78 is 6.17. The lowest BCUT2D eigenvalue weighted by molar-refractivity contribution is -0.137. The smallest absolute Gasteiger partial charge is 0.303 e. The largest absolute Gasteiger partial charge is 0.481 e. The lowest BCUT2D eigenvalue weighted by atomic mass is 10.2. The number of rotatable bonds is 6. The first-order valence-electron chi connectivity index (χ1n) is 7.88. The van der Waals surface area contributed by atoms with E-state index in [0.29, 0.717) is 42.8 Å². The van der Waals surface area contributed by atoms with Crippen LogP contribution in [0.15, 0.2) is 39.7 Å². The minimum Gasteiger partial charge on any atom is -0.481 e. The number of nitrogens with zero attached hydrogens (tertiary/aromatic N) is 1. The topological polar surface area (TPSA) is 70.8 Å². The molecule has 1 saturated heterocycles. The molecule has 1 aliphatic heterocycles. The van der Waals surface area contributed by atoms with Gasteiger partial charge in [-0.2, -0.15) is 0 Å². The van der Waals surface area contributed by atoms with E-state index in [4.69, 9.17) is 44.9 Å². The lowest BCUT2D eigenvalue weighted by Crippen LogP contribution is -2.29. The second kappa shape index (κ2) is 8.48. The van der Waals surface area contributed by atoms with Gasteiger partial charge < -0.3 is 9.52 Å². The summed E-state index contributed by atoms with van der Waals surface area (Å²) in [6.45, 7) is 0.271. The minimum atomic E-state index is -0.905. The molecule has 0 spiro atoms. The van der Waals surface area contributed by atoms with E-state index < -0.39 is 5.97 Å². The van der Waals surface area contributed by atoms with Crippen molar-refractivity contribution in [2.75, 3.05) is 6.54 Å². The van der Waals surface area contributed by atoms with E-state index in [0.717, 1.165) is 11.8 Å². The van der Waals surface area contributed by atoms with E-state index in [2.05, 4.69) is 0 Å². The second-order valence-electron chi connectivity index (χ2n) is 5.63. The van der Waals surface area contributed by atoms with Crippen molar-refractivity contribution in [2.24, 2.45) is 0 Å². The van der Waals surface area contributed by atoms with E-state index in [9.17, 15) is 9.59 Å². The van der Waals surface area contributed by atoms with Crippen molar-refractivity contribution in [1.82, 2.24) is 4.90 Å². The quantitative estimate of drug-likeness (QED) is 0.483. The number of hydrogen-bond donors (Lipinski definition) is 1. The molecule has 0 atom stereocenters. The maximum atomic E-state index is 12.5. The number of amides is 1. The number of carboxylic acid groups (broad SMARTS) is 1. The third kappa shape index (κ3) is 4.55. The summed E-state index contributed by atoms with van der Waals surface area (Å²) in [6, 6.07) is 8.62. The van der Waals surface area contributed by atoms with Crippen molar-refractivity contribution in [3.63, 3.8) is 0 Å². The van der Waals surface area contributed by atoms with Gasteiger partial charge in [-0.3, -0.25) is 14.5 Å². The van der Waals surface area contributed by atoms with Crippen molar-refractivity contribution in [1.29, 1.82) is 0 Å². The zero-order chi connectivity index (χ0) is 19.6. The molecule has 1 N–H and O–H groups in total. The zero-order valence-electron chi connectivity index (χ0n) is 13.8. The van der Waals surface area contributed by atoms with Crippen LogP contribution < -0.4 is 0 Å². The summed E-state index contributed by atoms with van der Waals surface area (Å²) in [5, 5.41) is 9.65. The Morgan fingerprint density at radius 3 is 2.63 bits per heavy atom. The number of furan rings is 1. The molecule has 1 aromatic carbocycles. The summed E-state index contributed by atoms with van der Waals surface area (Å²) in [5.74, 6) is -0.206. The Bertz CT molecular complexity index is 934. The van der Waals surface area contributed by atoms with Gasteiger partial charge in [0.2, 0.25) is 0 Å². The fourth-order valence-electron chi connectivity index (χ4n) is 2.51. The third-order valence-corrected chi connectivity index (χ3v) is 5.76. The van der Waals surface area contributed by atoms with Gasteiger partial charge in [0.15, 0.2) is 0 Å². The number of benzene rings is 1. The predicted molar refractivity (Wildman–Crippen MR) is 111 cm³/mol. The first-order chi connectivity index (χ1) is 12.9. The van der Waals surface area contributed by atoms with Crippen LogP contribution in [-0.4, -0.2) is 32.7 Å². The van der Waals surface area contributed by atoms with Crippen molar-refractivity contribution in [3.05, 3.63) is 51.0 Å². The Hall–Kier alpha value is -1.80. The third-order valence-electron chi connectivity index (χ3n) is 3.76. The molecule has 1 aliphatic rings. The number of halogens is 2. The number of thioether (sulfide) groups is 1. The Morgan fingerprint density at radius 2 is 1.96 bits per heavy atom. The summed E-state index contributed by atoms with van der Waals surface area (Å²) >= 11 is 18.8. The second-order valence-corrected chi connectivity index (χ2v) is 8.12. The summed E-state index contributed by atoms with van der Waals surface area (Å²) in [5.41, 5.74) is 0.585. The lowest BCUT2D eigenvalue weighted by Gasteiger charge is -2.13. The predicted octanol–water partition coefficient (Wildman–Crippen LogP) is 5.32. The van der Waals surface area contributed by atoms with Gasteiger partial charge in [-0.15, -0.1) is 0 Å². The van der Waals surface area contributed by atoms with Gasteiger partial charge in [0, 0.05) is 19.0 Å². The molecule has 1 amide bonds. The Balaban J connectivity index is 1.78. The maximum Gasteiger partial charge on any atom is 0.303 e. The molecule has 0 unspecified atom stereocenters. The van der Waals surface area contributed by atoms with Gasteiger partial charge in [-0.05, 0) is 30.7 Å². The van der Waals surface area contributed by atoms with Crippen molar-refractivity contribution in [2.45, 2.75) is 12.8 Å². The van der Waals surface area contributed by atoms with Crippen LogP contribution in [0, 0.1) is 0 Å². The van der Waals surface area contributed by atoms with E-state index in [-0.39, 0.29) is 18.9 Å². The minimum absolute atomic E-state index is 0.0176. The highest BCUT2D eigenvalue weighted by Gasteiger charge is 2.32. The monoisotopic (exact) mass is 441 g/mol. The highest BCUT2D eigenvalue weighted by molar-refractivity contribution is 8.26. The van der Waals surface area contributed by atoms with E-state index in [1.807, 2.05) is 0 Å². The molecule has 9 heteroatoms. The fraction of sp³-hybridized carbons (Fsp3) is 0.167. The molecule has 0 radical (unpaired) electrons. The standard InChI is InChI=1S/C18H13Cl2NO4S2/c19-11-3-1-4-12(20)16(11)13-7-6-10(25-13)9-14-17(24)21(18(26)27-14)8-2-5-15(22)23/h1,3-4,6-7,9H,2,5,8H2,(H,22,23). The zero-order valence-corrected chi connectivity index (χ0v) is 16.9. The van der Waals surface area contributed by atoms with Crippen LogP contribution in [0.3, 0.4) is 0 Å². The molecule has 3 rings (SSSR count). The van der Waals surface area contributed by atoms with Crippen molar-refractivity contribution < 1.29 is 19.1 Å². The number of aliphatic carboxylic acids is 1. The van der Waals surface area contributed by atoms with Gasteiger partial charge in [0.1, 0.15) is 15.8 Å². The van der Waals surface area contributed by atoms with Gasteiger partial charge in [-0.25, -0.2) is 0 Å². The van der Waals surface area contributed by atoms with Gasteiger partial charge >= 0.3 is 5.97 Å². The Morgan fingerprint density at radius 1 is 1.26 bits per heavy atom.